The second kappa shape index (κ2) is 7.59. The van der Waals surface area contributed by atoms with E-state index in [9.17, 15) is 4.79 Å². The van der Waals surface area contributed by atoms with Crippen molar-refractivity contribution in [3.8, 4) is 0 Å². The van der Waals surface area contributed by atoms with Crippen molar-refractivity contribution in [2.24, 2.45) is 0 Å². The lowest BCUT2D eigenvalue weighted by Gasteiger charge is -2.34. The first-order valence-electron chi connectivity index (χ1n) is 9.46. The van der Waals surface area contributed by atoms with Crippen molar-refractivity contribution in [1.82, 2.24) is 29.9 Å². The summed E-state index contributed by atoms with van der Waals surface area (Å²) in [6.07, 6.45) is 3.51. The number of fused-ring (bicyclic) bond motifs is 1. The highest BCUT2D eigenvalue weighted by Crippen LogP contribution is 2.27. The van der Waals surface area contributed by atoms with Gasteiger partial charge in [0.15, 0.2) is 10.8 Å². The van der Waals surface area contributed by atoms with Gasteiger partial charge < -0.3 is 9.80 Å². The first-order chi connectivity index (χ1) is 14.3. The summed E-state index contributed by atoms with van der Waals surface area (Å²) >= 11 is 1.59. The summed E-state index contributed by atoms with van der Waals surface area (Å²) in [7, 11) is 0. The Labute approximate surface area is 171 Å². The van der Waals surface area contributed by atoms with Crippen LogP contribution in [0.15, 0.2) is 54.9 Å². The highest BCUT2D eigenvalue weighted by atomic mass is 32.1. The number of hydrogen-bond acceptors (Lipinski definition) is 7. The SMILES string of the molecule is O=C(c1cn(Cc2ccccc2)nn1)N1CCN(c2nc3cccnc3s2)CC1. The Hall–Kier alpha value is -3.33. The van der Waals surface area contributed by atoms with E-state index in [2.05, 4.69) is 25.2 Å². The molecule has 1 aliphatic heterocycles. The van der Waals surface area contributed by atoms with E-state index in [4.69, 9.17) is 0 Å². The van der Waals surface area contributed by atoms with Gasteiger partial charge in [-0.1, -0.05) is 46.9 Å². The number of rotatable bonds is 4. The van der Waals surface area contributed by atoms with Crippen LogP contribution in [0, 0.1) is 0 Å². The third-order valence-corrected chi connectivity index (χ3v) is 5.98. The number of carbonyl (C=O) groups is 1. The predicted octanol–water partition coefficient (Wildman–Crippen LogP) is 2.29. The lowest BCUT2D eigenvalue weighted by atomic mass is 10.2. The van der Waals surface area contributed by atoms with Crippen LogP contribution in [0.3, 0.4) is 0 Å². The van der Waals surface area contributed by atoms with Crippen LogP contribution in [0.4, 0.5) is 5.13 Å². The van der Waals surface area contributed by atoms with Crippen molar-refractivity contribution < 1.29 is 4.79 Å². The predicted molar refractivity (Wildman–Crippen MR) is 111 cm³/mol. The zero-order valence-corrected chi connectivity index (χ0v) is 16.5. The van der Waals surface area contributed by atoms with Gasteiger partial charge in [0.2, 0.25) is 0 Å². The maximum Gasteiger partial charge on any atom is 0.276 e. The van der Waals surface area contributed by atoms with E-state index in [0.717, 1.165) is 34.1 Å². The largest absolute Gasteiger partial charge is 0.344 e. The van der Waals surface area contributed by atoms with Crippen molar-refractivity contribution in [2.75, 3.05) is 31.1 Å². The van der Waals surface area contributed by atoms with E-state index in [0.29, 0.717) is 25.3 Å². The molecule has 0 radical (unpaired) electrons. The summed E-state index contributed by atoms with van der Waals surface area (Å²) in [5, 5.41) is 9.15. The second-order valence-electron chi connectivity index (χ2n) is 6.89. The Balaban J connectivity index is 1.22. The van der Waals surface area contributed by atoms with Crippen LogP contribution in [0.25, 0.3) is 10.3 Å². The van der Waals surface area contributed by atoms with Crippen molar-refractivity contribution in [3.63, 3.8) is 0 Å². The fourth-order valence-electron chi connectivity index (χ4n) is 3.40. The topological polar surface area (TPSA) is 80.0 Å². The first kappa shape index (κ1) is 17.7. The van der Waals surface area contributed by atoms with Crippen molar-refractivity contribution in [3.05, 3.63) is 66.1 Å². The molecule has 0 bridgehead atoms. The third-order valence-electron chi connectivity index (χ3n) is 4.94. The molecule has 0 spiro atoms. The van der Waals surface area contributed by atoms with Gasteiger partial charge in [-0.3, -0.25) is 4.79 Å². The molecule has 0 N–H and O–H groups in total. The summed E-state index contributed by atoms with van der Waals surface area (Å²) in [6.45, 7) is 3.34. The number of amides is 1. The van der Waals surface area contributed by atoms with Gasteiger partial charge in [-0.05, 0) is 17.7 Å². The molecule has 0 aliphatic carbocycles. The minimum atomic E-state index is -0.0741. The normalized spacial score (nSPS) is 14.5. The fourth-order valence-corrected chi connectivity index (χ4v) is 4.36. The molecule has 4 aromatic rings. The molecule has 1 saturated heterocycles. The van der Waals surface area contributed by atoms with Crippen LogP contribution in [0.1, 0.15) is 16.1 Å². The zero-order valence-electron chi connectivity index (χ0n) is 15.7. The summed E-state index contributed by atoms with van der Waals surface area (Å²) in [4.78, 5) is 26.8. The second-order valence-corrected chi connectivity index (χ2v) is 7.85. The van der Waals surface area contributed by atoms with Gasteiger partial charge in [-0.2, -0.15) is 0 Å². The third kappa shape index (κ3) is 3.68. The number of hydrogen-bond donors (Lipinski definition) is 0. The van der Waals surface area contributed by atoms with Crippen molar-refractivity contribution in [2.45, 2.75) is 6.54 Å². The zero-order chi connectivity index (χ0) is 19.6. The number of aromatic nitrogens is 5. The minimum absolute atomic E-state index is 0.0741. The van der Waals surface area contributed by atoms with E-state index in [1.54, 1.807) is 28.4 Å². The van der Waals surface area contributed by atoms with Crippen molar-refractivity contribution in [1.29, 1.82) is 0 Å². The summed E-state index contributed by atoms with van der Waals surface area (Å²) in [5.41, 5.74) is 2.43. The lowest BCUT2D eigenvalue weighted by molar-refractivity contribution is 0.0740. The highest BCUT2D eigenvalue weighted by Gasteiger charge is 2.25. The molecule has 146 valence electrons. The molecule has 4 heterocycles. The number of nitrogens with zero attached hydrogens (tertiary/aromatic N) is 7. The Bertz CT molecular complexity index is 1100. The molecule has 0 atom stereocenters. The number of pyridine rings is 1. The van der Waals surface area contributed by atoms with Gasteiger partial charge in [-0.15, -0.1) is 5.10 Å². The number of benzene rings is 1. The van der Waals surface area contributed by atoms with E-state index in [1.807, 2.05) is 47.4 Å². The Morgan fingerprint density at radius 3 is 2.66 bits per heavy atom. The van der Waals surface area contributed by atoms with Gasteiger partial charge in [-0.25, -0.2) is 14.6 Å². The van der Waals surface area contributed by atoms with Crippen LogP contribution >= 0.6 is 11.3 Å². The maximum atomic E-state index is 12.8. The smallest absolute Gasteiger partial charge is 0.276 e. The van der Waals surface area contributed by atoms with Crippen LogP contribution in [0.2, 0.25) is 0 Å². The number of anilines is 1. The van der Waals surface area contributed by atoms with E-state index in [-0.39, 0.29) is 5.91 Å². The van der Waals surface area contributed by atoms with E-state index < -0.39 is 0 Å². The Morgan fingerprint density at radius 1 is 1.03 bits per heavy atom. The molecule has 1 aliphatic rings. The lowest BCUT2D eigenvalue weighted by Crippen LogP contribution is -2.48. The van der Waals surface area contributed by atoms with Crippen LogP contribution in [0.5, 0.6) is 0 Å². The van der Waals surface area contributed by atoms with Gasteiger partial charge in [0.25, 0.3) is 5.91 Å². The van der Waals surface area contributed by atoms with Gasteiger partial charge in [0, 0.05) is 32.4 Å². The molecule has 1 fully saturated rings. The fraction of sp³-hybridized carbons (Fsp3) is 0.250. The quantitative estimate of drug-likeness (QED) is 0.518. The molecule has 8 nitrogen and oxygen atoms in total. The average molecular weight is 405 g/mol. The number of piperazine rings is 1. The average Bonchev–Trinajstić information content (AvgIpc) is 3.41. The minimum Gasteiger partial charge on any atom is -0.344 e. The molecule has 1 amide bonds. The molecule has 0 unspecified atom stereocenters. The summed E-state index contributed by atoms with van der Waals surface area (Å²) in [5.74, 6) is -0.0741. The highest BCUT2D eigenvalue weighted by molar-refractivity contribution is 7.21. The molecule has 5 rings (SSSR count). The van der Waals surface area contributed by atoms with Crippen LogP contribution in [-0.2, 0) is 6.54 Å². The monoisotopic (exact) mass is 405 g/mol. The van der Waals surface area contributed by atoms with Gasteiger partial charge >= 0.3 is 0 Å². The number of carbonyl (C=O) groups excluding carboxylic acids is 1. The molecule has 1 aromatic carbocycles. The Kier molecular flexibility index (Phi) is 4.65. The summed E-state index contributed by atoms with van der Waals surface area (Å²) < 4.78 is 1.70. The maximum absolute atomic E-state index is 12.8. The van der Waals surface area contributed by atoms with Crippen molar-refractivity contribution >= 4 is 32.7 Å². The van der Waals surface area contributed by atoms with Gasteiger partial charge in [0.1, 0.15) is 10.3 Å². The Morgan fingerprint density at radius 2 is 1.86 bits per heavy atom. The number of thiazole rings is 1. The van der Waals surface area contributed by atoms with Crippen LogP contribution in [-0.4, -0.2) is 61.9 Å². The van der Waals surface area contributed by atoms with E-state index in [1.165, 1.54) is 0 Å². The van der Waals surface area contributed by atoms with Crippen LogP contribution < -0.4 is 4.90 Å². The molecular formula is C20H19N7OS. The molecule has 29 heavy (non-hydrogen) atoms. The van der Waals surface area contributed by atoms with E-state index >= 15 is 0 Å². The molecule has 9 heteroatoms. The first-order valence-corrected chi connectivity index (χ1v) is 10.3. The summed E-state index contributed by atoms with van der Waals surface area (Å²) in [6, 6.07) is 13.9. The molecule has 3 aromatic heterocycles. The van der Waals surface area contributed by atoms with Gasteiger partial charge in [0.05, 0.1) is 12.7 Å². The molecular weight excluding hydrogens is 386 g/mol. The standard InChI is InChI=1S/C20H19N7OS/c28-19(17-14-27(24-23-17)13-15-5-2-1-3-6-15)25-9-11-26(12-10-25)20-22-16-7-4-8-21-18(16)29-20/h1-8,14H,9-13H2. The molecule has 0 saturated carbocycles.